The molecule has 2 heteroatoms. The molecule has 0 spiro atoms. The summed E-state index contributed by atoms with van der Waals surface area (Å²) in [5, 5.41) is 10.2. The largest absolute Gasteiger partial charge is 0.507 e. The molecule has 1 N–H and O–H groups in total. The van der Waals surface area contributed by atoms with Gasteiger partial charge in [-0.05, 0) is 42.5 Å². The van der Waals surface area contributed by atoms with E-state index in [0.717, 1.165) is 24.0 Å². The fraction of sp³-hybridized carbons (Fsp3) is 0.667. The molecule has 0 saturated heterocycles. The second-order valence-electron chi connectivity index (χ2n) is 6.12. The first-order valence-electron chi connectivity index (χ1n) is 7.97. The van der Waals surface area contributed by atoms with Gasteiger partial charge in [0.1, 0.15) is 5.75 Å². The van der Waals surface area contributed by atoms with Crippen LogP contribution in [-0.4, -0.2) is 9.85 Å². The SMILES string of the molecule is CCCCCC(C)(C)Sc1cc(CC)c(O)c(CC)c1. The predicted molar refractivity (Wildman–Crippen MR) is 90.9 cm³/mol. The third kappa shape index (κ3) is 5.05. The Kier molecular flexibility index (Phi) is 6.94. The van der Waals surface area contributed by atoms with Crippen LogP contribution in [-0.2, 0) is 12.8 Å². The summed E-state index contributed by atoms with van der Waals surface area (Å²) in [6.45, 7) is 11.1. The van der Waals surface area contributed by atoms with E-state index in [1.54, 1.807) is 0 Å². The van der Waals surface area contributed by atoms with Crippen molar-refractivity contribution < 1.29 is 5.11 Å². The number of aromatic hydroxyl groups is 1. The lowest BCUT2D eigenvalue weighted by molar-refractivity contribution is 0.461. The Morgan fingerprint density at radius 2 is 1.55 bits per heavy atom. The molecule has 0 atom stereocenters. The van der Waals surface area contributed by atoms with Crippen LogP contribution in [0.15, 0.2) is 17.0 Å². The number of hydrogen-bond donors (Lipinski definition) is 1. The minimum atomic E-state index is 0.266. The van der Waals surface area contributed by atoms with Crippen molar-refractivity contribution in [3.05, 3.63) is 23.3 Å². The topological polar surface area (TPSA) is 20.2 Å². The van der Waals surface area contributed by atoms with Crippen molar-refractivity contribution in [1.29, 1.82) is 0 Å². The number of rotatable bonds is 8. The molecule has 0 aliphatic carbocycles. The number of thioether (sulfide) groups is 1. The summed E-state index contributed by atoms with van der Waals surface area (Å²) in [6, 6.07) is 4.33. The minimum absolute atomic E-state index is 0.266. The summed E-state index contributed by atoms with van der Waals surface area (Å²) in [6.07, 6.45) is 6.93. The molecule has 114 valence electrons. The van der Waals surface area contributed by atoms with E-state index in [2.05, 4.69) is 46.8 Å². The Morgan fingerprint density at radius 3 is 2.00 bits per heavy atom. The van der Waals surface area contributed by atoms with Gasteiger partial charge < -0.3 is 5.11 Å². The van der Waals surface area contributed by atoms with Crippen LogP contribution in [0.3, 0.4) is 0 Å². The number of phenolic OH excluding ortho intramolecular Hbond substituents is 1. The van der Waals surface area contributed by atoms with Gasteiger partial charge in [0.15, 0.2) is 0 Å². The molecule has 0 amide bonds. The molecule has 1 aromatic rings. The van der Waals surface area contributed by atoms with Crippen LogP contribution >= 0.6 is 11.8 Å². The van der Waals surface area contributed by atoms with Crippen molar-refractivity contribution in [2.24, 2.45) is 0 Å². The van der Waals surface area contributed by atoms with Crippen LogP contribution in [0.5, 0.6) is 5.75 Å². The van der Waals surface area contributed by atoms with Gasteiger partial charge in [0.25, 0.3) is 0 Å². The average Bonchev–Trinajstić information content (AvgIpc) is 2.40. The number of hydrogen-bond acceptors (Lipinski definition) is 2. The highest BCUT2D eigenvalue weighted by Crippen LogP contribution is 2.39. The van der Waals surface area contributed by atoms with Crippen LogP contribution in [0.2, 0.25) is 0 Å². The molecule has 1 rings (SSSR count). The van der Waals surface area contributed by atoms with Gasteiger partial charge in [-0.1, -0.05) is 53.9 Å². The number of aryl methyl sites for hydroxylation is 2. The molecule has 0 unspecified atom stereocenters. The van der Waals surface area contributed by atoms with Gasteiger partial charge in [-0.25, -0.2) is 0 Å². The van der Waals surface area contributed by atoms with E-state index in [1.165, 1.54) is 30.6 Å². The van der Waals surface area contributed by atoms with E-state index >= 15 is 0 Å². The molecule has 0 saturated carbocycles. The van der Waals surface area contributed by atoms with Gasteiger partial charge in [-0.2, -0.15) is 0 Å². The van der Waals surface area contributed by atoms with Gasteiger partial charge in [0.2, 0.25) is 0 Å². The summed E-state index contributed by atoms with van der Waals surface area (Å²) in [5.74, 6) is 0.503. The Morgan fingerprint density at radius 1 is 1.00 bits per heavy atom. The van der Waals surface area contributed by atoms with E-state index in [0.29, 0.717) is 5.75 Å². The predicted octanol–water partition coefficient (Wildman–Crippen LogP) is 5.97. The molecule has 1 nitrogen and oxygen atoms in total. The number of unbranched alkanes of at least 4 members (excludes halogenated alkanes) is 2. The highest BCUT2D eigenvalue weighted by molar-refractivity contribution is 8.00. The quantitative estimate of drug-likeness (QED) is 0.471. The maximum Gasteiger partial charge on any atom is 0.122 e. The summed E-state index contributed by atoms with van der Waals surface area (Å²) in [7, 11) is 0. The highest BCUT2D eigenvalue weighted by atomic mass is 32.2. The molecular formula is C18H30OS. The molecular weight excluding hydrogens is 264 g/mol. The van der Waals surface area contributed by atoms with Crippen LogP contribution in [0.4, 0.5) is 0 Å². The Hall–Kier alpha value is -0.630. The molecule has 0 aliphatic heterocycles. The van der Waals surface area contributed by atoms with Crippen LogP contribution in [0.1, 0.15) is 71.4 Å². The molecule has 20 heavy (non-hydrogen) atoms. The number of benzene rings is 1. The van der Waals surface area contributed by atoms with Gasteiger partial charge in [-0.3, -0.25) is 0 Å². The highest BCUT2D eigenvalue weighted by Gasteiger charge is 2.20. The van der Waals surface area contributed by atoms with E-state index in [4.69, 9.17) is 0 Å². The normalized spacial score (nSPS) is 11.8. The number of phenols is 1. The third-order valence-corrected chi connectivity index (χ3v) is 5.01. The zero-order chi connectivity index (χ0) is 15.2. The van der Waals surface area contributed by atoms with Crippen LogP contribution < -0.4 is 0 Å². The van der Waals surface area contributed by atoms with E-state index < -0.39 is 0 Å². The average molecular weight is 295 g/mol. The molecule has 1 aromatic carbocycles. The van der Waals surface area contributed by atoms with Gasteiger partial charge in [0.05, 0.1) is 0 Å². The van der Waals surface area contributed by atoms with E-state index in [1.807, 2.05) is 11.8 Å². The first-order valence-corrected chi connectivity index (χ1v) is 8.79. The summed E-state index contributed by atoms with van der Waals surface area (Å²) < 4.78 is 0.266. The van der Waals surface area contributed by atoms with Crippen LogP contribution in [0, 0.1) is 0 Å². The summed E-state index contributed by atoms with van der Waals surface area (Å²) in [4.78, 5) is 1.30. The fourth-order valence-electron chi connectivity index (χ4n) is 2.50. The smallest absolute Gasteiger partial charge is 0.122 e. The molecule has 0 radical (unpaired) electrons. The van der Waals surface area contributed by atoms with Crippen molar-refractivity contribution in [1.82, 2.24) is 0 Å². The molecule has 0 bridgehead atoms. The second kappa shape index (κ2) is 7.97. The van der Waals surface area contributed by atoms with Crippen molar-refractivity contribution in [3.63, 3.8) is 0 Å². The lowest BCUT2D eigenvalue weighted by Gasteiger charge is -2.25. The summed E-state index contributed by atoms with van der Waals surface area (Å²) in [5.41, 5.74) is 2.16. The molecule has 0 fully saturated rings. The van der Waals surface area contributed by atoms with Crippen molar-refractivity contribution in [2.75, 3.05) is 0 Å². The van der Waals surface area contributed by atoms with Crippen molar-refractivity contribution in [3.8, 4) is 5.75 Å². The van der Waals surface area contributed by atoms with Crippen molar-refractivity contribution in [2.45, 2.75) is 82.8 Å². The third-order valence-electron chi connectivity index (χ3n) is 3.78. The molecule has 0 aromatic heterocycles. The van der Waals surface area contributed by atoms with E-state index in [9.17, 15) is 5.11 Å². The maximum atomic E-state index is 10.2. The lowest BCUT2D eigenvalue weighted by atomic mass is 10.0. The van der Waals surface area contributed by atoms with Crippen molar-refractivity contribution >= 4 is 11.8 Å². The fourth-order valence-corrected chi connectivity index (χ4v) is 3.78. The Labute approximate surface area is 129 Å². The zero-order valence-corrected chi connectivity index (χ0v) is 14.6. The maximum absolute atomic E-state index is 10.2. The van der Waals surface area contributed by atoms with E-state index in [-0.39, 0.29) is 4.75 Å². The van der Waals surface area contributed by atoms with Crippen LogP contribution in [0.25, 0.3) is 0 Å². The van der Waals surface area contributed by atoms with Gasteiger partial charge >= 0.3 is 0 Å². The standard InChI is InChI=1S/C18H30OS/c1-6-9-10-11-18(4,5)20-16-12-14(7-2)17(19)15(8-3)13-16/h12-13,19H,6-11H2,1-5H3. The monoisotopic (exact) mass is 294 g/mol. The second-order valence-corrected chi connectivity index (χ2v) is 7.90. The summed E-state index contributed by atoms with van der Waals surface area (Å²) >= 11 is 1.95. The molecule has 0 heterocycles. The van der Waals surface area contributed by atoms with Gasteiger partial charge in [-0.15, -0.1) is 11.8 Å². The Balaban J connectivity index is 2.85. The Bertz CT molecular complexity index is 398. The zero-order valence-electron chi connectivity index (χ0n) is 13.8. The first-order chi connectivity index (χ1) is 9.43. The van der Waals surface area contributed by atoms with Gasteiger partial charge in [0, 0.05) is 9.64 Å². The first kappa shape index (κ1) is 17.4. The lowest BCUT2D eigenvalue weighted by Crippen LogP contribution is -2.14. The minimum Gasteiger partial charge on any atom is -0.507 e. The molecule has 0 aliphatic rings.